The molecule has 0 bridgehead atoms. The van der Waals surface area contributed by atoms with Crippen LogP contribution in [-0.2, 0) is 19.3 Å². The van der Waals surface area contributed by atoms with Crippen LogP contribution in [0, 0.1) is 5.82 Å². The summed E-state index contributed by atoms with van der Waals surface area (Å²) in [6, 6.07) is 16.5. The van der Waals surface area contributed by atoms with Crippen LogP contribution in [0.5, 0.6) is 0 Å². The van der Waals surface area contributed by atoms with Crippen LogP contribution < -0.4 is 4.90 Å². The van der Waals surface area contributed by atoms with Crippen molar-refractivity contribution >= 4 is 17.5 Å². The summed E-state index contributed by atoms with van der Waals surface area (Å²) in [7, 11) is 0. The zero-order valence-corrected chi connectivity index (χ0v) is 19.3. The predicted octanol–water partition coefficient (Wildman–Crippen LogP) is 4.96. The van der Waals surface area contributed by atoms with Gasteiger partial charge in [-0.3, -0.25) is 19.4 Å². The van der Waals surface area contributed by atoms with E-state index in [-0.39, 0.29) is 12.1 Å². The highest BCUT2D eigenvalue weighted by atomic mass is 19.4. The number of rotatable bonds is 5. The number of anilines is 1. The molecule has 5 nitrogen and oxygen atoms in total. The number of halogens is 4. The lowest BCUT2D eigenvalue weighted by atomic mass is 10.1. The average Bonchev–Trinajstić information content (AvgIpc) is 3.10. The number of amides is 2. The molecule has 36 heavy (non-hydrogen) atoms. The maximum atomic E-state index is 14.2. The highest BCUT2D eigenvalue weighted by Gasteiger charge is 2.39. The van der Waals surface area contributed by atoms with Crippen molar-refractivity contribution in [2.45, 2.75) is 19.3 Å². The third-order valence-corrected chi connectivity index (χ3v) is 6.64. The topological polar surface area (TPSA) is 43.9 Å². The van der Waals surface area contributed by atoms with E-state index in [0.717, 1.165) is 11.0 Å². The van der Waals surface area contributed by atoms with Gasteiger partial charge in [-0.25, -0.2) is 4.39 Å². The summed E-state index contributed by atoms with van der Waals surface area (Å²) >= 11 is 0. The maximum absolute atomic E-state index is 14.2. The van der Waals surface area contributed by atoms with Crippen molar-refractivity contribution in [3.63, 3.8) is 0 Å². The van der Waals surface area contributed by atoms with Crippen LogP contribution in [0.25, 0.3) is 0 Å². The molecule has 0 N–H and O–H groups in total. The van der Waals surface area contributed by atoms with Gasteiger partial charge >= 0.3 is 6.18 Å². The molecule has 186 valence electrons. The van der Waals surface area contributed by atoms with Crippen molar-refractivity contribution in [2.24, 2.45) is 0 Å². The van der Waals surface area contributed by atoms with E-state index in [9.17, 15) is 27.2 Å². The fraction of sp³-hybridized carbons (Fsp3) is 0.259. The van der Waals surface area contributed by atoms with E-state index in [1.165, 1.54) is 18.2 Å². The molecule has 0 unspecified atom stereocenters. The molecular weight excluding hydrogens is 474 g/mol. The quantitative estimate of drug-likeness (QED) is 0.369. The number of fused-ring (bicyclic) bond motifs is 1. The van der Waals surface area contributed by atoms with Crippen LogP contribution in [0.3, 0.4) is 0 Å². The first kappa shape index (κ1) is 24.0. The Balaban J connectivity index is 1.29. The molecule has 2 aliphatic heterocycles. The molecule has 0 saturated carbocycles. The summed E-state index contributed by atoms with van der Waals surface area (Å²) < 4.78 is 53.2. The van der Waals surface area contributed by atoms with Crippen molar-refractivity contribution in [2.75, 3.05) is 31.1 Å². The van der Waals surface area contributed by atoms with E-state index in [2.05, 4.69) is 4.90 Å². The molecule has 1 saturated heterocycles. The Labute approximate surface area is 205 Å². The van der Waals surface area contributed by atoms with Crippen molar-refractivity contribution in [3.8, 4) is 0 Å². The lowest BCUT2D eigenvalue weighted by Crippen LogP contribution is -2.46. The largest absolute Gasteiger partial charge is 0.416 e. The minimum Gasteiger partial charge on any atom is -0.368 e. The number of carbonyl (C=O) groups is 2. The van der Waals surface area contributed by atoms with Gasteiger partial charge in [-0.15, -0.1) is 0 Å². The Bertz CT molecular complexity index is 1320. The van der Waals surface area contributed by atoms with Gasteiger partial charge in [-0.05, 0) is 29.8 Å². The summed E-state index contributed by atoms with van der Waals surface area (Å²) in [6.45, 7) is 2.50. The van der Waals surface area contributed by atoms with Crippen LogP contribution in [-0.4, -0.2) is 47.8 Å². The second kappa shape index (κ2) is 9.39. The van der Waals surface area contributed by atoms with E-state index in [1.807, 2.05) is 4.90 Å². The SMILES string of the molecule is O=C1c2cccc(N3CCN(Cc4cccc(C(F)(F)F)c4)CC3)c2C(=O)N1Cc1ccccc1F. The second-order valence-electron chi connectivity index (χ2n) is 8.95. The zero-order valence-electron chi connectivity index (χ0n) is 19.3. The van der Waals surface area contributed by atoms with Crippen LogP contribution in [0.1, 0.15) is 37.4 Å². The summed E-state index contributed by atoms with van der Waals surface area (Å²) in [5, 5.41) is 0. The van der Waals surface area contributed by atoms with Gasteiger partial charge in [0.05, 0.1) is 28.9 Å². The Morgan fingerprint density at radius 2 is 1.50 bits per heavy atom. The molecule has 3 aromatic carbocycles. The van der Waals surface area contributed by atoms with Crippen LogP contribution in [0.2, 0.25) is 0 Å². The van der Waals surface area contributed by atoms with Crippen molar-refractivity contribution in [3.05, 3.63) is 100 Å². The van der Waals surface area contributed by atoms with E-state index >= 15 is 0 Å². The average molecular weight is 497 g/mol. The summed E-state index contributed by atoms with van der Waals surface area (Å²) in [5.74, 6) is -1.39. The summed E-state index contributed by atoms with van der Waals surface area (Å²) in [5.41, 5.74) is 1.42. The van der Waals surface area contributed by atoms with Crippen molar-refractivity contribution in [1.82, 2.24) is 9.80 Å². The molecule has 3 aromatic rings. The number of nitrogens with zero attached hydrogens (tertiary/aromatic N) is 3. The highest BCUT2D eigenvalue weighted by Crippen LogP contribution is 2.34. The first-order valence-electron chi connectivity index (χ1n) is 11.6. The van der Waals surface area contributed by atoms with Crippen LogP contribution in [0.4, 0.5) is 23.2 Å². The van der Waals surface area contributed by atoms with Crippen LogP contribution in [0.15, 0.2) is 66.7 Å². The summed E-state index contributed by atoms with van der Waals surface area (Å²) in [4.78, 5) is 31.4. The Morgan fingerprint density at radius 1 is 0.778 bits per heavy atom. The molecule has 5 rings (SSSR count). The van der Waals surface area contributed by atoms with Crippen molar-refractivity contribution in [1.29, 1.82) is 0 Å². The monoisotopic (exact) mass is 497 g/mol. The number of piperazine rings is 1. The molecule has 0 spiro atoms. The standard InChI is InChI=1S/C27H23F4N3O2/c28-22-9-2-1-6-19(22)17-34-25(35)21-8-4-10-23(24(21)26(34)36)33-13-11-32(12-14-33)16-18-5-3-7-20(15-18)27(29,30)31/h1-10,15H,11-14,16-17H2. The van der Waals surface area contributed by atoms with E-state index in [1.54, 1.807) is 42.5 Å². The van der Waals surface area contributed by atoms with Gasteiger partial charge in [0.15, 0.2) is 0 Å². The normalized spacial score (nSPS) is 16.6. The first-order chi connectivity index (χ1) is 17.2. The molecule has 0 aromatic heterocycles. The molecule has 0 aliphatic carbocycles. The number of carbonyl (C=O) groups excluding carboxylic acids is 2. The molecule has 2 heterocycles. The van der Waals surface area contributed by atoms with E-state index in [4.69, 9.17) is 0 Å². The number of hydrogen-bond acceptors (Lipinski definition) is 4. The maximum Gasteiger partial charge on any atom is 0.416 e. The number of hydrogen-bond donors (Lipinski definition) is 0. The number of alkyl halides is 3. The van der Waals surface area contributed by atoms with Gasteiger partial charge < -0.3 is 4.90 Å². The highest BCUT2D eigenvalue weighted by molar-refractivity contribution is 6.23. The smallest absolute Gasteiger partial charge is 0.368 e. The number of benzene rings is 3. The first-order valence-corrected chi connectivity index (χ1v) is 11.6. The van der Waals surface area contributed by atoms with Crippen LogP contribution >= 0.6 is 0 Å². The van der Waals surface area contributed by atoms with Gasteiger partial charge in [0.2, 0.25) is 0 Å². The Kier molecular flexibility index (Phi) is 6.26. The zero-order chi connectivity index (χ0) is 25.4. The minimum absolute atomic E-state index is 0.150. The predicted molar refractivity (Wildman–Crippen MR) is 126 cm³/mol. The lowest BCUT2D eigenvalue weighted by Gasteiger charge is -2.36. The third-order valence-electron chi connectivity index (χ3n) is 6.64. The lowest BCUT2D eigenvalue weighted by molar-refractivity contribution is -0.137. The molecule has 0 atom stereocenters. The van der Waals surface area contributed by atoms with Gasteiger partial charge in [0.1, 0.15) is 5.82 Å². The fourth-order valence-electron chi connectivity index (χ4n) is 4.77. The minimum atomic E-state index is -4.38. The molecular formula is C27H23F4N3O2. The number of imide groups is 1. The van der Waals surface area contributed by atoms with Gasteiger partial charge in [-0.1, -0.05) is 42.5 Å². The van der Waals surface area contributed by atoms with E-state index in [0.29, 0.717) is 55.1 Å². The van der Waals surface area contributed by atoms with Gasteiger partial charge in [-0.2, -0.15) is 13.2 Å². The Hall–Kier alpha value is -3.72. The molecule has 0 radical (unpaired) electrons. The van der Waals surface area contributed by atoms with E-state index < -0.39 is 29.4 Å². The fourth-order valence-corrected chi connectivity index (χ4v) is 4.77. The molecule has 1 fully saturated rings. The molecule has 9 heteroatoms. The van der Waals surface area contributed by atoms with Gasteiger partial charge in [0, 0.05) is 38.3 Å². The molecule has 2 amide bonds. The summed E-state index contributed by atoms with van der Waals surface area (Å²) in [6.07, 6.45) is -4.38. The second-order valence-corrected chi connectivity index (χ2v) is 8.95. The third kappa shape index (κ3) is 4.58. The Morgan fingerprint density at radius 3 is 2.22 bits per heavy atom. The molecule has 2 aliphatic rings. The van der Waals surface area contributed by atoms with Gasteiger partial charge in [0.25, 0.3) is 11.8 Å². The van der Waals surface area contributed by atoms with Crippen molar-refractivity contribution < 1.29 is 27.2 Å².